The Bertz CT molecular complexity index is 361. The maximum atomic E-state index is 11.6. The fourth-order valence-electron chi connectivity index (χ4n) is 1.14. The maximum absolute atomic E-state index is 11.6. The lowest BCUT2D eigenvalue weighted by atomic mass is 10.2. The van der Waals surface area contributed by atoms with E-state index in [2.05, 4.69) is 10.3 Å². The Balaban J connectivity index is 2.54. The summed E-state index contributed by atoms with van der Waals surface area (Å²) in [6.07, 6.45) is 5.22. The zero-order valence-electron chi connectivity index (χ0n) is 8.73. The second-order valence-corrected chi connectivity index (χ2v) is 3.09. The van der Waals surface area contributed by atoms with E-state index in [4.69, 9.17) is 5.73 Å². The number of nitrogens with two attached hydrogens (primary N) is 1. The van der Waals surface area contributed by atoms with Crippen LogP contribution in [-0.4, -0.2) is 24.0 Å². The van der Waals surface area contributed by atoms with Crippen molar-refractivity contribution in [2.45, 2.75) is 6.92 Å². The summed E-state index contributed by atoms with van der Waals surface area (Å²) in [6, 6.07) is 3.66. The third-order valence-electron chi connectivity index (χ3n) is 1.91. The second-order valence-electron chi connectivity index (χ2n) is 3.09. The Morgan fingerprint density at radius 1 is 1.60 bits per heavy atom. The highest BCUT2D eigenvalue weighted by Gasteiger charge is 2.07. The topological polar surface area (TPSA) is 68.0 Å². The van der Waals surface area contributed by atoms with Gasteiger partial charge >= 0.3 is 0 Å². The molecule has 0 fully saturated rings. The van der Waals surface area contributed by atoms with Gasteiger partial charge in [0, 0.05) is 19.3 Å². The minimum absolute atomic E-state index is 0.158. The predicted molar refractivity (Wildman–Crippen MR) is 59.5 cm³/mol. The van der Waals surface area contributed by atoms with Crippen LogP contribution in [-0.2, 0) is 0 Å². The van der Waals surface area contributed by atoms with Gasteiger partial charge in [0.15, 0.2) is 0 Å². The lowest BCUT2D eigenvalue weighted by Crippen LogP contribution is -2.25. The Labute approximate surface area is 89.2 Å². The molecule has 0 saturated carbocycles. The lowest BCUT2D eigenvalue weighted by molar-refractivity contribution is 0.0952. The van der Waals surface area contributed by atoms with Crippen molar-refractivity contribution in [2.24, 2.45) is 5.73 Å². The molecule has 15 heavy (non-hydrogen) atoms. The SMILES string of the molecule is Cc1cccnc1C(=O)NC/C=C/CN. The van der Waals surface area contributed by atoms with Crippen molar-refractivity contribution < 1.29 is 4.79 Å². The number of amides is 1. The molecule has 0 aliphatic carbocycles. The molecule has 0 radical (unpaired) electrons. The average Bonchev–Trinajstić information content (AvgIpc) is 2.25. The molecule has 0 atom stereocenters. The smallest absolute Gasteiger partial charge is 0.270 e. The van der Waals surface area contributed by atoms with Crippen LogP contribution in [0.15, 0.2) is 30.5 Å². The number of nitrogens with zero attached hydrogens (tertiary/aromatic N) is 1. The van der Waals surface area contributed by atoms with Crippen LogP contribution in [0.4, 0.5) is 0 Å². The molecule has 0 saturated heterocycles. The standard InChI is InChI=1S/C11H15N3O/c1-9-5-4-8-13-10(9)11(15)14-7-3-2-6-12/h2-5,8H,6-7,12H2,1H3,(H,14,15)/b3-2+. The third-order valence-corrected chi connectivity index (χ3v) is 1.91. The van der Waals surface area contributed by atoms with Crippen LogP contribution in [0.3, 0.4) is 0 Å². The summed E-state index contributed by atoms with van der Waals surface area (Å²) in [7, 11) is 0. The van der Waals surface area contributed by atoms with E-state index < -0.39 is 0 Å². The largest absolute Gasteiger partial charge is 0.347 e. The van der Waals surface area contributed by atoms with Gasteiger partial charge in [0.05, 0.1) is 0 Å². The molecular weight excluding hydrogens is 190 g/mol. The predicted octanol–water partition coefficient (Wildman–Crippen LogP) is 0.635. The van der Waals surface area contributed by atoms with Gasteiger partial charge in [-0.3, -0.25) is 9.78 Å². The molecule has 0 aromatic carbocycles. The summed E-state index contributed by atoms with van der Waals surface area (Å²) in [5.41, 5.74) is 6.61. The molecule has 1 heterocycles. The van der Waals surface area contributed by atoms with E-state index in [0.717, 1.165) is 5.56 Å². The zero-order chi connectivity index (χ0) is 11.1. The van der Waals surface area contributed by atoms with Crippen molar-refractivity contribution in [3.8, 4) is 0 Å². The highest BCUT2D eigenvalue weighted by Crippen LogP contribution is 2.02. The Kier molecular flexibility index (Phi) is 4.50. The van der Waals surface area contributed by atoms with Crippen molar-refractivity contribution in [1.82, 2.24) is 10.3 Å². The number of pyridine rings is 1. The van der Waals surface area contributed by atoms with Gasteiger partial charge < -0.3 is 11.1 Å². The van der Waals surface area contributed by atoms with Gasteiger partial charge in [-0.1, -0.05) is 18.2 Å². The van der Waals surface area contributed by atoms with Crippen molar-refractivity contribution >= 4 is 5.91 Å². The number of aryl methyl sites for hydroxylation is 1. The normalized spacial score (nSPS) is 10.5. The second kappa shape index (κ2) is 5.93. The Morgan fingerprint density at radius 2 is 2.40 bits per heavy atom. The number of carbonyl (C=O) groups is 1. The van der Waals surface area contributed by atoms with E-state index in [1.165, 1.54) is 0 Å². The van der Waals surface area contributed by atoms with Gasteiger partial charge in [-0.15, -0.1) is 0 Å². The van der Waals surface area contributed by atoms with Crippen molar-refractivity contribution in [3.63, 3.8) is 0 Å². The first-order chi connectivity index (χ1) is 7.25. The summed E-state index contributed by atoms with van der Waals surface area (Å²) in [6.45, 7) is 2.82. The van der Waals surface area contributed by atoms with E-state index >= 15 is 0 Å². The van der Waals surface area contributed by atoms with Crippen LogP contribution in [0.5, 0.6) is 0 Å². The molecular formula is C11H15N3O. The molecule has 4 nitrogen and oxygen atoms in total. The van der Waals surface area contributed by atoms with Gasteiger partial charge in [-0.2, -0.15) is 0 Å². The Hall–Kier alpha value is -1.68. The van der Waals surface area contributed by atoms with Gasteiger partial charge in [0.2, 0.25) is 0 Å². The van der Waals surface area contributed by atoms with Crippen LogP contribution in [0.1, 0.15) is 16.1 Å². The average molecular weight is 205 g/mol. The molecule has 1 amide bonds. The molecule has 0 bridgehead atoms. The minimum Gasteiger partial charge on any atom is -0.347 e. The molecule has 3 N–H and O–H groups in total. The molecule has 1 aromatic heterocycles. The van der Waals surface area contributed by atoms with Crippen LogP contribution in [0.25, 0.3) is 0 Å². The number of nitrogens with one attached hydrogen (secondary N) is 1. The van der Waals surface area contributed by atoms with Crippen molar-refractivity contribution in [3.05, 3.63) is 41.7 Å². The first-order valence-electron chi connectivity index (χ1n) is 4.80. The molecule has 0 aliphatic rings. The van der Waals surface area contributed by atoms with Crippen LogP contribution in [0, 0.1) is 6.92 Å². The third kappa shape index (κ3) is 3.52. The molecule has 1 rings (SSSR count). The van der Waals surface area contributed by atoms with E-state index in [1.54, 1.807) is 18.3 Å². The molecule has 1 aromatic rings. The van der Waals surface area contributed by atoms with Crippen molar-refractivity contribution in [2.75, 3.05) is 13.1 Å². The number of carbonyl (C=O) groups excluding carboxylic acids is 1. The van der Waals surface area contributed by atoms with Crippen molar-refractivity contribution in [1.29, 1.82) is 0 Å². The number of hydrogen-bond donors (Lipinski definition) is 2. The van der Waals surface area contributed by atoms with Crippen LogP contribution >= 0.6 is 0 Å². The fourth-order valence-corrected chi connectivity index (χ4v) is 1.14. The monoisotopic (exact) mass is 205 g/mol. The first kappa shape index (κ1) is 11.4. The fraction of sp³-hybridized carbons (Fsp3) is 0.273. The van der Waals surface area contributed by atoms with E-state index in [9.17, 15) is 4.79 Å². The molecule has 80 valence electrons. The van der Waals surface area contributed by atoms with Crippen LogP contribution < -0.4 is 11.1 Å². The number of hydrogen-bond acceptors (Lipinski definition) is 3. The quantitative estimate of drug-likeness (QED) is 0.708. The molecule has 0 unspecified atom stereocenters. The summed E-state index contributed by atoms with van der Waals surface area (Å²) in [4.78, 5) is 15.6. The molecule has 0 spiro atoms. The summed E-state index contributed by atoms with van der Waals surface area (Å²) in [5, 5.41) is 2.73. The van der Waals surface area contributed by atoms with Gasteiger partial charge in [-0.05, 0) is 18.6 Å². The maximum Gasteiger partial charge on any atom is 0.270 e. The Morgan fingerprint density at radius 3 is 3.07 bits per heavy atom. The molecule has 4 heteroatoms. The zero-order valence-corrected chi connectivity index (χ0v) is 8.73. The molecule has 0 aliphatic heterocycles. The lowest BCUT2D eigenvalue weighted by Gasteiger charge is -2.03. The van der Waals surface area contributed by atoms with E-state index in [1.807, 2.05) is 19.1 Å². The summed E-state index contributed by atoms with van der Waals surface area (Å²) >= 11 is 0. The van der Waals surface area contributed by atoms with E-state index in [0.29, 0.717) is 18.8 Å². The highest BCUT2D eigenvalue weighted by molar-refractivity contribution is 5.93. The summed E-state index contributed by atoms with van der Waals surface area (Å²) < 4.78 is 0. The van der Waals surface area contributed by atoms with E-state index in [-0.39, 0.29) is 5.91 Å². The summed E-state index contributed by atoms with van der Waals surface area (Å²) in [5.74, 6) is -0.158. The van der Waals surface area contributed by atoms with Gasteiger partial charge in [-0.25, -0.2) is 0 Å². The van der Waals surface area contributed by atoms with Gasteiger partial charge in [0.1, 0.15) is 5.69 Å². The minimum atomic E-state index is -0.158. The number of aromatic nitrogens is 1. The van der Waals surface area contributed by atoms with Crippen LogP contribution in [0.2, 0.25) is 0 Å². The number of rotatable bonds is 4. The first-order valence-corrected chi connectivity index (χ1v) is 4.80. The van der Waals surface area contributed by atoms with Gasteiger partial charge in [0.25, 0.3) is 5.91 Å². The highest BCUT2D eigenvalue weighted by atomic mass is 16.1.